The Morgan fingerprint density at radius 2 is 1.94 bits per heavy atom. The Balaban J connectivity index is 1.70. The summed E-state index contributed by atoms with van der Waals surface area (Å²) in [5, 5.41) is 10.3. The van der Waals surface area contributed by atoms with Gasteiger partial charge in [-0.15, -0.1) is 11.8 Å². The van der Waals surface area contributed by atoms with Gasteiger partial charge in [0.15, 0.2) is 5.83 Å². The van der Waals surface area contributed by atoms with Crippen molar-refractivity contribution in [2.24, 2.45) is 0 Å². The number of carbonyl (C=O) groups excluding carboxylic acids is 1. The summed E-state index contributed by atoms with van der Waals surface area (Å²) in [6.07, 6.45) is 3.25. The first kappa shape index (κ1) is 24.5. The number of anilines is 1. The molecule has 1 amide bonds. The lowest BCUT2D eigenvalue weighted by atomic mass is 10.2. The van der Waals surface area contributed by atoms with Crippen molar-refractivity contribution < 1.29 is 9.18 Å². The van der Waals surface area contributed by atoms with Crippen LogP contribution in [0.3, 0.4) is 0 Å². The Kier molecular flexibility index (Phi) is 7.92. The number of nitrogens with one attached hydrogen (secondary N) is 2. The topological polar surface area (TPSA) is 71.8 Å². The van der Waals surface area contributed by atoms with E-state index in [9.17, 15) is 9.18 Å². The molecule has 0 atom stereocenters. The van der Waals surface area contributed by atoms with E-state index in [0.717, 1.165) is 27.5 Å². The molecule has 2 aromatic heterocycles. The van der Waals surface area contributed by atoms with Crippen molar-refractivity contribution in [3.8, 4) is 0 Å². The number of aromatic nitrogens is 3. The highest BCUT2D eigenvalue weighted by atomic mass is 32.2. The van der Waals surface area contributed by atoms with Crippen LogP contribution in [0, 0.1) is 6.92 Å². The maximum atomic E-state index is 14.9. The number of hydrogen-bond donors (Lipinski definition) is 2. The van der Waals surface area contributed by atoms with E-state index in [0.29, 0.717) is 18.8 Å². The number of halogens is 1. The van der Waals surface area contributed by atoms with Crippen LogP contribution in [0.1, 0.15) is 43.3 Å². The van der Waals surface area contributed by atoms with Crippen LogP contribution in [-0.4, -0.2) is 39.0 Å². The van der Waals surface area contributed by atoms with Gasteiger partial charge >= 0.3 is 0 Å². The van der Waals surface area contributed by atoms with E-state index >= 15 is 0 Å². The molecule has 33 heavy (non-hydrogen) atoms. The first-order valence-corrected chi connectivity index (χ1v) is 11.7. The Morgan fingerprint density at radius 1 is 1.21 bits per heavy atom. The molecule has 0 aliphatic heterocycles. The van der Waals surface area contributed by atoms with Crippen molar-refractivity contribution in [2.75, 3.05) is 18.9 Å². The van der Waals surface area contributed by atoms with Gasteiger partial charge in [0.1, 0.15) is 11.5 Å². The van der Waals surface area contributed by atoms with Gasteiger partial charge in [-0.25, -0.2) is 9.37 Å². The molecular weight excluding hydrogens is 437 g/mol. The van der Waals surface area contributed by atoms with Crippen LogP contribution in [0.2, 0.25) is 0 Å². The maximum Gasteiger partial charge on any atom is 0.236 e. The summed E-state index contributed by atoms with van der Waals surface area (Å²) in [6, 6.07) is 13.1. The second-order valence-corrected chi connectivity index (χ2v) is 9.86. The Bertz CT molecular complexity index is 1120. The zero-order valence-corrected chi connectivity index (χ0v) is 20.5. The third kappa shape index (κ3) is 6.44. The van der Waals surface area contributed by atoms with E-state index in [1.165, 1.54) is 17.8 Å². The first-order chi connectivity index (χ1) is 15.7. The number of aryl methyl sites for hydroxylation is 1. The van der Waals surface area contributed by atoms with Gasteiger partial charge in [0, 0.05) is 30.4 Å². The quantitative estimate of drug-likeness (QED) is 0.426. The fraction of sp³-hybridized carbons (Fsp3) is 0.320. The first-order valence-electron chi connectivity index (χ1n) is 10.8. The average Bonchev–Trinajstić information content (AvgIpc) is 3.16. The normalized spacial score (nSPS) is 12.0. The van der Waals surface area contributed by atoms with Crippen LogP contribution in [0.15, 0.2) is 53.6 Å². The molecule has 0 bridgehead atoms. The number of thioether (sulfide) groups is 1. The van der Waals surface area contributed by atoms with Crippen molar-refractivity contribution >= 4 is 35.4 Å². The molecule has 8 heteroatoms. The molecule has 0 aliphatic carbocycles. The highest BCUT2D eigenvalue weighted by Crippen LogP contribution is 2.33. The molecule has 0 radical (unpaired) electrons. The average molecular weight is 468 g/mol. The molecule has 0 aliphatic rings. The minimum atomic E-state index is -0.591. The molecule has 2 N–H and O–H groups in total. The maximum absolute atomic E-state index is 14.9. The van der Waals surface area contributed by atoms with Crippen LogP contribution in [0.5, 0.6) is 0 Å². The number of pyridine rings is 1. The Morgan fingerprint density at radius 3 is 2.55 bits per heavy atom. The number of hydrogen-bond acceptors (Lipinski definition) is 5. The minimum absolute atomic E-state index is 0.00951. The van der Waals surface area contributed by atoms with Crippen LogP contribution in [-0.2, 0) is 11.3 Å². The van der Waals surface area contributed by atoms with Crippen LogP contribution in [0.25, 0.3) is 11.9 Å². The molecule has 0 saturated heterocycles. The lowest BCUT2D eigenvalue weighted by Gasteiger charge is -2.22. The number of amides is 1. The molecular formula is C25H30FN5OS. The van der Waals surface area contributed by atoms with Crippen molar-refractivity contribution in [2.45, 2.75) is 43.9 Å². The number of benzene rings is 1. The van der Waals surface area contributed by atoms with E-state index in [-0.39, 0.29) is 5.91 Å². The van der Waals surface area contributed by atoms with Gasteiger partial charge in [-0.3, -0.25) is 9.48 Å². The van der Waals surface area contributed by atoms with Crippen LogP contribution in [0.4, 0.5) is 10.2 Å². The van der Waals surface area contributed by atoms with E-state index < -0.39 is 10.6 Å². The summed E-state index contributed by atoms with van der Waals surface area (Å²) >= 11 is 1.48. The Hall–Kier alpha value is -3.13. The fourth-order valence-electron chi connectivity index (χ4n) is 3.19. The van der Waals surface area contributed by atoms with E-state index in [4.69, 9.17) is 0 Å². The lowest BCUT2D eigenvalue weighted by Crippen LogP contribution is -2.39. The molecule has 0 fully saturated rings. The lowest BCUT2D eigenvalue weighted by molar-refractivity contribution is -0.122. The molecule has 1 aromatic carbocycles. The van der Waals surface area contributed by atoms with Gasteiger partial charge < -0.3 is 10.6 Å². The van der Waals surface area contributed by atoms with Crippen LogP contribution < -0.4 is 10.6 Å². The van der Waals surface area contributed by atoms with Gasteiger partial charge in [-0.2, -0.15) is 5.10 Å². The summed E-state index contributed by atoms with van der Waals surface area (Å²) < 4.78 is 16.1. The summed E-state index contributed by atoms with van der Waals surface area (Å²) in [4.78, 5) is 17.5. The van der Waals surface area contributed by atoms with E-state index in [1.807, 2.05) is 71.1 Å². The summed E-state index contributed by atoms with van der Waals surface area (Å²) in [5.74, 6) is 0.385. The van der Waals surface area contributed by atoms with E-state index in [2.05, 4.69) is 20.7 Å². The van der Waals surface area contributed by atoms with Gasteiger partial charge in [0.05, 0.1) is 11.3 Å². The fourth-order valence-corrected chi connectivity index (χ4v) is 4.22. The van der Waals surface area contributed by atoms with E-state index in [1.54, 1.807) is 16.9 Å². The molecule has 174 valence electrons. The predicted molar refractivity (Wildman–Crippen MR) is 134 cm³/mol. The third-order valence-corrected chi connectivity index (χ3v) is 6.27. The minimum Gasteiger partial charge on any atom is -0.373 e. The van der Waals surface area contributed by atoms with Gasteiger partial charge in [-0.1, -0.05) is 18.2 Å². The highest BCUT2D eigenvalue weighted by molar-refractivity contribution is 8.01. The molecule has 0 saturated carbocycles. The summed E-state index contributed by atoms with van der Waals surface area (Å²) in [6.45, 7) is 8.70. The standard InChI is InChI=1S/C25H30FN5OS/c1-6-28-24(32)25(3,4)33-20-10-7-18(8-11-20)14-21(26)22-13-17(2)31(30-22)16-19-9-12-23(27-5)29-15-19/h7-15H,6,16H2,1-5H3,(H,27,29)(H,28,32). The molecule has 3 rings (SSSR count). The monoisotopic (exact) mass is 467 g/mol. The van der Waals surface area contributed by atoms with Crippen molar-refractivity contribution in [3.63, 3.8) is 0 Å². The van der Waals surface area contributed by atoms with Gasteiger partial charge in [0.2, 0.25) is 5.91 Å². The van der Waals surface area contributed by atoms with Crippen LogP contribution >= 0.6 is 11.8 Å². The molecule has 2 heterocycles. The summed E-state index contributed by atoms with van der Waals surface area (Å²) in [7, 11) is 1.82. The number of nitrogens with zero attached hydrogens (tertiary/aromatic N) is 3. The second-order valence-electron chi connectivity index (χ2n) is 8.16. The molecule has 6 nitrogen and oxygen atoms in total. The van der Waals surface area contributed by atoms with Gasteiger partial charge in [0.25, 0.3) is 0 Å². The molecule has 3 aromatic rings. The third-order valence-electron chi connectivity index (χ3n) is 5.07. The number of rotatable bonds is 9. The van der Waals surface area contributed by atoms with Gasteiger partial charge in [-0.05, 0) is 69.2 Å². The zero-order chi connectivity index (χ0) is 24.0. The van der Waals surface area contributed by atoms with Crippen molar-refractivity contribution in [3.05, 3.63) is 71.2 Å². The Labute approximate surface area is 198 Å². The largest absolute Gasteiger partial charge is 0.373 e. The molecule has 0 spiro atoms. The smallest absolute Gasteiger partial charge is 0.236 e. The number of carbonyl (C=O) groups is 1. The van der Waals surface area contributed by atoms with Crippen molar-refractivity contribution in [1.29, 1.82) is 0 Å². The highest BCUT2D eigenvalue weighted by Gasteiger charge is 2.28. The second kappa shape index (κ2) is 10.7. The molecule has 0 unspecified atom stereocenters. The van der Waals surface area contributed by atoms with Crippen molar-refractivity contribution in [1.82, 2.24) is 20.1 Å². The predicted octanol–water partition coefficient (Wildman–Crippen LogP) is 5.15. The summed E-state index contributed by atoms with van der Waals surface area (Å²) in [5.41, 5.74) is 2.88. The SMILES string of the molecule is CCNC(=O)C(C)(C)Sc1ccc(C=C(F)c2cc(C)n(Cc3ccc(NC)nc3)n2)cc1. The zero-order valence-electron chi connectivity index (χ0n) is 19.6.